The van der Waals surface area contributed by atoms with Gasteiger partial charge in [-0.2, -0.15) is 4.31 Å². The molecule has 0 aromatic heterocycles. The summed E-state index contributed by atoms with van der Waals surface area (Å²) in [6.45, 7) is 0. The third-order valence-electron chi connectivity index (χ3n) is 3.49. The van der Waals surface area contributed by atoms with Crippen molar-refractivity contribution in [2.24, 2.45) is 0 Å². The average molecular weight is 445 g/mol. The molecule has 23 heavy (non-hydrogen) atoms. The van der Waals surface area contributed by atoms with Crippen LogP contribution in [0.3, 0.4) is 0 Å². The molecular formula is C16H16INO4S. The fourth-order valence-electron chi connectivity index (χ4n) is 2.14. The summed E-state index contributed by atoms with van der Waals surface area (Å²) in [7, 11) is -2.56. The van der Waals surface area contributed by atoms with Crippen molar-refractivity contribution in [3.63, 3.8) is 0 Å². The van der Waals surface area contributed by atoms with Crippen molar-refractivity contribution in [1.82, 2.24) is 4.31 Å². The van der Waals surface area contributed by atoms with Crippen LogP contribution in [0.25, 0.3) is 0 Å². The number of aliphatic carboxylic acids is 1. The SMILES string of the molecule is CN([C@@H](Cc1ccc(I)cc1)C(=O)O)S(=O)(=O)c1ccccc1. The number of likely N-dealkylation sites (N-methyl/N-ethyl adjacent to an activating group) is 1. The summed E-state index contributed by atoms with van der Waals surface area (Å²) in [6, 6.07) is 14.0. The first-order valence-corrected chi connectivity index (χ1v) is 9.34. The van der Waals surface area contributed by atoms with E-state index in [1.54, 1.807) is 30.3 Å². The molecule has 1 N–H and O–H groups in total. The van der Waals surface area contributed by atoms with Gasteiger partial charge in [-0.1, -0.05) is 30.3 Å². The number of halogens is 1. The topological polar surface area (TPSA) is 74.7 Å². The van der Waals surface area contributed by atoms with Crippen LogP contribution in [0.15, 0.2) is 59.5 Å². The number of rotatable bonds is 6. The summed E-state index contributed by atoms with van der Waals surface area (Å²) in [5.41, 5.74) is 0.771. The van der Waals surface area contributed by atoms with Gasteiger partial charge in [-0.3, -0.25) is 4.79 Å². The van der Waals surface area contributed by atoms with E-state index in [4.69, 9.17) is 0 Å². The molecule has 2 aromatic rings. The molecule has 5 nitrogen and oxygen atoms in total. The lowest BCUT2D eigenvalue weighted by molar-refractivity contribution is -0.141. The molecule has 122 valence electrons. The molecule has 0 unspecified atom stereocenters. The second kappa shape index (κ2) is 7.41. The minimum atomic E-state index is -3.86. The van der Waals surface area contributed by atoms with Gasteiger partial charge in [0.1, 0.15) is 6.04 Å². The number of carbonyl (C=O) groups is 1. The standard InChI is InChI=1S/C16H16INO4S/c1-18(23(21,22)14-5-3-2-4-6-14)15(16(19)20)11-12-7-9-13(17)10-8-12/h2-10,15H,11H2,1H3,(H,19,20)/t15-/m0/s1. The molecule has 0 aliphatic heterocycles. The summed E-state index contributed by atoms with van der Waals surface area (Å²) < 4.78 is 27.1. The van der Waals surface area contributed by atoms with Crippen molar-refractivity contribution in [3.05, 3.63) is 63.7 Å². The second-order valence-corrected chi connectivity index (χ2v) is 8.26. The van der Waals surface area contributed by atoms with Crippen molar-refractivity contribution in [1.29, 1.82) is 0 Å². The zero-order chi connectivity index (χ0) is 17.0. The van der Waals surface area contributed by atoms with Gasteiger partial charge in [0.25, 0.3) is 0 Å². The van der Waals surface area contributed by atoms with Gasteiger partial charge in [-0.05, 0) is 58.8 Å². The molecule has 2 aromatic carbocycles. The first-order chi connectivity index (χ1) is 10.8. The second-order valence-electron chi connectivity index (χ2n) is 5.02. The van der Waals surface area contributed by atoms with Crippen molar-refractivity contribution >= 4 is 38.6 Å². The fourth-order valence-corrected chi connectivity index (χ4v) is 3.83. The summed E-state index contributed by atoms with van der Waals surface area (Å²) in [5, 5.41) is 9.46. The smallest absolute Gasteiger partial charge is 0.322 e. The van der Waals surface area contributed by atoms with E-state index in [-0.39, 0.29) is 11.3 Å². The van der Waals surface area contributed by atoms with Crippen molar-refractivity contribution in [2.45, 2.75) is 17.4 Å². The molecule has 0 spiro atoms. The monoisotopic (exact) mass is 445 g/mol. The van der Waals surface area contributed by atoms with E-state index in [2.05, 4.69) is 22.6 Å². The van der Waals surface area contributed by atoms with Gasteiger partial charge in [-0.25, -0.2) is 8.42 Å². The van der Waals surface area contributed by atoms with E-state index in [0.717, 1.165) is 13.4 Å². The summed E-state index contributed by atoms with van der Waals surface area (Å²) in [4.78, 5) is 11.7. The molecular weight excluding hydrogens is 429 g/mol. The van der Waals surface area contributed by atoms with Crippen LogP contribution in [0.5, 0.6) is 0 Å². The largest absolute Gasteiger partial charge is 0.480 e. The normalized spacial score (nSPS) is 13.0. The number of carboxylic acid groups (broad SMARTS) is 1. The Kier molecular flexibility index (Phi) is 5.77. The highest BCUT2D eigenvalue weighted by molar-refractivity contribution is 14.1. The van der Waals surface area contributed by atoms with Gasteiger partial charge in [0.2, 0.25) is 10.0 Å². The predicted octanol–water partition coefficient (Wildman–Crippen LogP) is 2.61. The number of nitrogens with zero attached hydrogens (tertiary/aromatic N) is 1. The highest BCUT2D eigenvalue weighted by Crippen LogP contribution is 2.19. The van der Waals surface area contributed by atoms with Crippen LogP contribution >= 0.6 is 22.6 Å². The Hall–Kier alpha value is -1.45. The van der Waals surface area contributed by atoms with Gasteiger partial charge < -0.3 is 5.11 Å². The molecule has 0 fully saturated rings. The first kappa shape index (κ1) is 17.9. The minimum absolute atomic E-state index is 0.0800. The van der Waals surface area contributed by atoms with Crippen molar-refractivity contribution in [2.75, 3.05) is 7.05 Å². The minimum Gasteiger partial charge on any atom is -0.480 e. The lowest BCUT2D eigenvalue weighted by atomic mass is 10.1. The van der Waals surface area contributed by atoms with E-state index in [1.807, 2.05) is 12.1 Å². The van der Waals surface area contributed by atoms with Crippen LogP contribution in [0.1, 0.15) is 5.56 Å². The maximum atomic E-state index is 12.6. The molecule has 0 bridgehead atoms. The van der Waals surface area contributed by atoms with Gasteiger partial charge in [0.15, 0.2) is 0 Å². The Balaban J connectivity index is 2.30. The zero-order valence-electron chi connectivity index (χ0n) is 12.4. The molecule has 0 saturated carbocycles. The molecule has 0 heterocycles. The van der Waals surface area contributed by atoms with E-state index in [1.165, 1.54) is 19.2 Å². The Bertz CT molecular complexity index is 775. The lowest BCUT2D eigenvalue weighted by Crippen LogP contribution is -2.43. The Labute approximate surface area is 149 Å². The Morgan fingerprint density at radius 2 is 1.70 bits per heavy atom. The molecule has 0 radical (unpaired) electrons. The number of hydrogen-bond acceptors (Lipinski definition) is 3. The van der Waals surface area contributed by atoms with Crippen LogP contribution in [0.4, 0.5) is 0 Å². The highest BCUT2D eigenvalue weighted by Gasteiger charge is 2.32. The van der Waals surface area contributed by atoms with Crippen LogP contribution in [0, 0.1) is 3.57 Å². The molecule has 1 atom stereocenters. The van der Waals surface area contributed by atoms with Gasteiger partial charge in [-0.15, -0.1) is 0 Å². The van der Waals surface area contributed by atoms with E-state index in [0.29, 0.717) is 0 Å². The molecule has 2 rings (SSSR count). The lowest BCUT2D eigenvalue weighted by Gasteiger charge is -2.24. The molecule has 7 heteroatoms. The number of benzene rings is 2. The predicted molar refractivity (Wildman–Crippen MR) is 95.7 cm³/mol. The summed E-state index contributed by atoms with van der Waals surface area (Å²) in [5.74, 6) is -1.18. The third-order valence-corrected chi connectivity index (χ3v) is 6.09. The Morgan fingerprint density at radius 1 is 1.13 bits per heavy atom. The Morgan fingerprint density at radius 3 is 2.22 bits per heavy atom. The number of hydrogen-bond donors (Lipinski definition) is 1. The van der Waals surface area contributed by atoms with Gasteiger partial charge in [0, 0.05) is 10.6 Å². The van der Waals surface area contributed by atoms with Crippen LogP contribution in [-0.4, -0.2) is 36.9 Å². The maximum absolute atomic E-state index is 12.6. The van der Waals surface area contributed by atoms with E-state index in [9.17, 15) is 18.3 Å². The third kappa shape index (κ3) is 4.30. The number of carboxylic acids is 1. The van der Waals surface area contributed by atoms with Crippen LogP contribution in [0.2, 0.25) is 0 Å². The molecule has 0 aliphatic rings. The molecule has 0 saturated heterocycles. The molecule has 0 aliphatic carbocycles. The fraction of sp³-hybridized carbons (Fsp3) is 0.188. The van der Waals surface area contributed by atoms with Crippen molar-refractivity contribution < 1.29 is 18.3 Å². The van der Waals surface area contributed by atoms with E-state index < -0.39 is 22.0 Å². The summed E-state index contributed by atoms with van der Waals surface area (Å²) in [6.07, 6.45) is 0.106. The number of sulfonamides is 1. The zero-order valence-corrected chi connectivity index (χ0v) is 15.4. The van der Waals surface area contributed by atoms with Gasteiger partial charge in [0.05, 0.1) is 4.90 Å². The van der Waals surface area contributed by atoms with Crippen molar-refractivity contribution in [3.8, 4) is 0 Å². The first-order valence-electron chi connectivity index (χ1n) is 6.82. The summed E-state index contributed by atoms with van der Waals surface area (Å²) >= 11 is 2.15. The van der Waals surface area contributed by atoms with Crippen LogP contribution < -0.4 is 0 Å². The van der Waals surface area contributed by atoms with E-state index >= 15 is 0 Å². The average Bonchev–Trinajstić information content (AvgIpc) is 2.54. The van der Waals surface area contributed by atoms with Gasteiger partial charge >= 0.3 is 5.97 Å². The quantitative estimate of drug-likeness (QED) is 0.694. The van der Waals surface area contributed by atoms with Crippen LogP contribution in [-0.2, 0) is 21.2 Å². The maximum Gasteiger partial charge on any atom is 0.322 e. The molecule has 0 amide bonds. The highest BCUT2D eigenvalue weighted by atomic mass is 127.